The second-order valence-corrected chi connectivity index (χ2v) is 4.59. The molecule has 0 amide bonds. The molecule has 0 unspecified atom stereocenters. The third-order valence-electron chi connectivity index (χ3n) is 2.78. The first-order valence-corrected chi connectivity index (χ1v) is 6.76. The Bertz CT molecular complexity index is 538. The van der Waals surface area contributed by atoms with Gasteiger partial charge in [-0.2, -0.15) is 0 Å². The van der Waals surface area contributed by atoms with Crippen molar-refractivity contribution in [3.63, 3.8) is 0 Å². The van der Waals surface area contributed by atoms with Crippen molar-refractivity contribution >= 4 is 23.2 Å². The molecule has 2 rings (SSSR count). The summed E-state index contributed by atoms with van der Waals surface area (Å²) in [7, 11) is 0. The Balaban J connectivity index is 2.37. The van der Waals surface area contributed by atoms with Crippen molar-refractivity contribution in [1.82, 2.24) is 0 Å². The van der Waals surface area contributed by atoms with Crippen LogP contribution in [0.4, 0.5) is 0 Å². The Morgan fingerprint density at radius 1 is 1.00 bits per heavy atom. The number of para-hydroxylation sites is 1. The highest BCUT2D eigenvalue weighted by atomic mass is 35.5. The molecule has 0 aliphatic heterocycles. The monoisotopic (exact) mass is 280 g/mol. The minimum absolute atomic E-state index is 0.337. The van der Waals surface area contributed by atoms with E-state index in [0.29, 0.717) is 10.9 Å². The molecule has 0 saturated heterocycles. The molecule has 0 atom stereocenters. The first-order valence-electron chi connectivity index (χ1n) is 5.85. The topological polar surface area (TPSA) is 9.23 Å². The van der Waals surface area contributed by atoms with E-state index in [4.69, 9.17) is 27.9 Å². The van der Waals surface area contributed by atoms with Crippen molar-refractivity contribution in [3.05, 3.63) is 58.6 Å². The number of aryl methyl sites for hydroxylation is 1. The third kappa shape index (κ3) is 2.80. The molecule has 0 N–H and O–H groups in total. The number of ether oxygens (including phenoxy) is 1. The van der Waals surface area contributed by atoms with Gasteiger partial charge in [0, 0.05) is 10.6 Å². The van der Waals surface area contributed by atoms with E-state index in [-0.39, 0.29) is 0 Å². The lowest BCUT2D eigenvalue weighted by Gasteiger charge is -2.13. The molecule has 18 heavy (non-hydrogen) atoms. The molecule has 0 aliphatic carbocycles. The van der Waals surface area contributed by atoms with Crippen LogP contribution in [0.15, 0.2) is 42.5 Å². The molecule has 0 aromatic heterocycles. The first kappa shape index (κ1) is 13.3. The predicted molar refractivity (Wildman–Crippen MR) is 76.9 cm³/mol. The van der Waals surface area contributed by atoms with E-state index >= 15 is 0 Å². The fourth-order valence-corrected chi connectivity index (χ4v) is 2.35. The predicted octanol–water partition coefficient (Wildman–Crippen LogP) is 5.43. The minimum atomic E-state index is 0.337. The van der Waals surface area contributed by atoms with Crippen LogP contribution in [0.2, 0.25) is 5.02 Å². The molecule has 0 fully saturated rings. The van der Waals surface area contributed by atoms with Crippen LogP contribution in [-0.4, -0.2) is 0 Å². The molecular formula is C15H14Cl2O. The summed E-state index contributed by atoms with van der Waals surface area (Å²) in [6.45, 7) is 2.10. The molecule has 94 valence electrons. The number of benzene rings is 2. The fourth-order valence-electron chi connectivity index (χ4n) is 1.78. The minimum Gasteiger partial charge on any atom is -0.457 e. The number of hydrogen-bond acceptors (Lipinski definition) is 1. The van der Waals surface area contributed by atoms with E-state index in [0.717, 1.165) is 29.0 Å². The van der Waals surface area contributed by atoms with Gasteiger partial charge in [-0.25, -0.2) is 0 Å². The van der Waals surface area contributed by atoms with Crippen molar-refractivity contribution in [2.45, 2.75) is 19.2 Å². The number of halogens is 2. The van der Waals surface area contributed by atoms with E-state index < -0.39 is 0 Å². The Hall–Kier alpha value is -1.18. The second kappa shape index (κ2) is 6.12. The van der Waals surface area contributed by atoms with Gasteiger partial charge in [0.2, 0.25) is 0 Å². The highest BCUT2D eigenvalue weighted by molar-refractivity contribution is 6.32. The van der Waals surface area contributed by atoms with Gasteiger partial charge in [0.25, 0.3) is 0 Å². The van der Waals surface area contributed by atoms with Gasteiger partial charge in [0.05, 0.1) is 5.88 Å². The van der Waals surface area contributed by atoms with Crippen LogP contribution < -0.4 is 4.74 Å². The maximum Gasteiger partial charge on any atom is 0.133 e. The fraction of sp³-hybridized carbons (Fsp3) is 0.200. The van der Waals surface area contributed by atoms with Crippen LogP contribution in [-0.2, 0) is 12.3 Å². The molecule has 3 heteroatoms. The Morgan fingerprint density at radius 3 is 2.44 bits per heavy atom. The first-order chi connectivity index (χ1) is 8.76. The van der Waals surface area contributed by atoms with Crippen LogP contribution in [0.25, 0.3) is 0 Å². The summed E-state index contributed by atoms with van der Waals surface area (Å²) >= 11 is 12.0. The zero-order chi connectivity index (χ0) is 13.0. The molecule has 0 bridgehead atoms. The van der Waals surface area contributed by atoms with E-state index in [2.05, 4.69) is 13.0 Å². The van der Waals surface area contributed by atoms with Gasteiger partial charge in [-0.1, -0.05) is 42.8 Å². The summed E-state index contributed by atoms with van der Waals surface area (Å²) in [6.07, 6.45) is 0.924. The van der Waals surface area contributed by atoms with Crippen LogP contribution >= 0.6 is 23.2 Å². The normalized spacial score (nSPS) is 10.4. The van der Waals surface area contributed by atoms with E-state index in [9.17, 15) is 0 Å². The quantitative estimate of drug-likeness (QED) is 0.678. The third-order valence-corrected chi connectivity index (χ3v) is 3.40. The van der Waals surface area contributed by atoms with E-state index in [1.54, 1.807) is 0 Å². The summed E-state index contributed by atoms with van der Waals surface area (Å²) in [4.78, 5) is 0. The van der Waals surface area contributed by atoms with Gasteiger partial charge in [-0.3, -0.25) is 0 Å². The lowest BCUT2D eigenvalue weighted by molar-refractivity contribution is 0.472. The van der Waals surface area contributed by atoms with Crippen molar-refractivity contribution in [1.29, 1.82) is 0 Å². The highest BCUT2D eigenvalue weighted by Crippen LogP contribution is 2.33. The standard InChI is InChI=1S/C15H14Cl2O/c1-2-11-6-3-4-8-14(11)18-15-9-5-7-13(17)12(15)10-16/h3-9H,2,10H2,1H3. The van der Waals surface area contributed by atoms with Gasteiger partial charge in [0.15, 0.2) is 0 Å². The molecule has 0 saturated carbocycles. The molecule has 0 aliphatic rings. The van der Waals surface area contributed by atoms with Crippen LogP contribution in [0.5, 0.6) is 11.5 Å². The van der Waals surface area contributed by atoms with Crippen molar-refractivity contribution in [3.8, 4) is 11.5 Å². The summed E-state index contributed by atoms with van der Waals surface area (Å²) in [5.41, 5.74) is 1.99. The molecule has 0 radical (unpaired) electrons. The average molecular weight is 281 g/mol. The summed E-state index contributed by atoms with van der Waals surface area (Å²) in [6, 6.07) is 13.5. The summed E-state index contributed by atoms with van der Waals surface area (Å²) in [5.74, 6) is 1.91. The van der Waals surface area contributed by atoms with Crippen molar-refractivity contribution < 1.29 is 4.74 Å². The lowest BCUT2D eigenvalue weighted by Crippen LogP contribution is -1.93. The van der Waals surface area contributed by atoms with Gasteiger partial charge < -0.3 is 4.74 Å². The maximum atomic E-state index is 6.10. The molecule has 2 aromatic rings. The molecule has 0 heterocycles. The second-order valence-electron chi connectivity index (χ2n) is 3.91. The lowest BCUT2D eigenvalue weighted by atomic mass is 10.1. The number of rotatable bonds is 4. The smallest absolute Gasteiger partial charge is 0.133 e. The zero-order valence-corrected chi connectivity index (χ0v) is 11.6. The zero-order valence-electron chi connectivity index (χ0n) is 10.1. The van der Waals surface area contributed by atoms with E-state index in [1.807, 2.05) is 36.4 Å². The van der Waals surface area contributed by atoms with E-state index in [1.165, 1.54) is 0 Å². The maximum absolute atomic E-state index is 6.10. The van der Waals surface area contributed by atoms with Crippen molar-refractivity contribution in [2.75, 3.05) is 0 Å². The van der Waals surface area contributed by atoms with Crippen LogP contribution in [0.1, 0.15) is 18.1 Å². The molecule has 2 aromatic carbocycles. The van der Waals surface area contributed by atoms with Crippen LogP contribution in [0.3, 0.4) is 0 Å². The molecule has 0 spiro atoms. The van der Waals surface area contributed by atoms with Gasteiger partial charge in [-0.15, -0.1) is 11.6 Å². The SMILES string of the molecule is CCc1ccccc1Oc1cccc(Cl)c1CCl. The van der Waals surface area contributed by atoms with Crippen LogP contribution in [0, 0.1) is 0 Å². The van der Waals surface area contributed by atoms with Gasteiger partial charge in [-0.05, 0) is 30.2 Å². The number of hydrogen-bond donors (Lipinski definition) is 0. The summed E-state index contributed by atoms with van der Waals surface area (Å²) < 4.78 is 5.93. The highest BCUT2D eigenvalue weighted by Gasteiger charge is 2.09. The Labute approximate surface area is 117 Å². The molecule has 1 nitrogen and oxygen atoms in total. The summed E-state index contributed by atoms with van der Waals surface area (Å²) in [5, 5.41) is 0.636. The van der Waals surface area contributed by atoms with Gasteiger partial charge >= 0.3 is 0 Å². The average Bonchev–Trinajstić information content (AvgIpc) is 2.40. The van der Waals surface area contributed by atoms with Gasteiger partial charge in [0.1, 0.15) is 11.5 Å². The Kier molecular flexibility index (Phi) is 4.51. The van der Waals surface area contributed by atoms with Crippen molar-refractivity contribution in [2.24, 2.45) is 0 Å². The number of alkyl halides is 1. The largest absolute Gasteiger partial charge is 0.457 e. The Morgan fingerprint density at radius 2 is 1.72 bits per heavy atom. The molecular weight excluding hydrogens is 267 g/mol.